The average Bonchev–Trinajstić information content (AvgIpc) is 2.20. The van der Waals surface area contributed by atoms with Gasteiger partial charge in [0.15, 0.2) is 0 Å². The van der Waals surface area contributed by atoms with E-state index in [1.807, 2.05) is 7.05 Å². The van der Waals surface area contributed by atoms with Crippen LogP contribution in [0.4, 0.5) is 0 Å². The van der Waals surface area contributed by atoms with E-state index in [9.17, 15) is 0 Å². The Hall–Kier alpha value is -0.820. The average molecular weight is 219 g/mol. The van der Waals surface area contributed by atoms with Gasteiger partial charge in [-0.3, -0.25) is 0 Å². The summed E-state index contributed by atoms with van der Waals surface area (Å²) in [6.45, 7) is 10.2. The zero-order valence-electron chi connectivity index (χ0n) is 11.4. The number of nitrogens with one attached hydrogen (secondary N) is 1. The molecule has 1 rings (SSSR count). The second-order valence-corrected chi connectivity index (χ2v) is 5.61. The predicted octanol–water partition coefficient (Wildman–Crippen LogP) is 3.48. The summed E-state index contributed by atoms with van der Waals surface area (Å²) in [6.07, 6.45) is 2.38. The van der Waals surface area contributed by atoms with Gasteiger partial charge in [0.25, 0.3) is 0 Å². The van der Waals surface area contributed by atoms with Gasteiger partial charge >= 0.3 is 0 Å². The van der Waals surface area contributed by atoms with Crippen LogP contribution in [-0.4, -0.2) is 13.6 Å². The Balaban J connectivity index is 2.68. The highest BCUT2D eigenvalue weighted by Gasteiger charge is 2.17. The first-order valence-corrected chi connectivity index (χ1v) is 6.15. The summed E-state index contributed by atoms with van der Waals surface area (Å²) in [5, 5.41) is 3.23. The highest BCUT2D eigenvalue weighted by Crippen LogP contribution is 2.26. The first-order chi connectivity index (χ1) is 7.44. The summed E-state index contributed by atoms with van der Waals surface area (Å²) >= 11 is 0. The maximum atomic E-state index is 3.23. The molecular weight excluding hydrogens is 194 g/mol. The molecule has 1 heteroatoms. The third-order valence-electron chi connectivity index (χ3n) is 3.31. The van der Waals surface area contributed by atoms with Crippen molar-refractivity contribution < 1.29 is 0 Å². The van der Waals surface area contributed by atoms with Crippen molar-refractivity contribution in [1.82, 2.24) is 5.32 Å². The first kappa shape index (κ1) is 13.2. The second kappa shape index (κ2) is 5.49. The summed E-state index contributed by atoms with van der Waals surface area (Å²) < 4.78 is 0. The van der Waals surface area contributed by atoms with Gasteiger partial charge in [-0.2, -0.15) is 0 Å². The van der Waals surface area contributed by atoms with Crippen LogP contribution < -0.4 is 5.32 Å². The normalized spacial score (nSPS) is 11.8. The van der Waals surface area contributed by atoms with Crippen LogP contribution in [0.1, 0.15) is 37.0 Å². The van der Waals surface area contributed by atoms with E-state index in [1.54, 1.807) is 0 Å². The van der Waals surface area contributed by atoms with E-state index in [-0.39, 0.29) is 0 Å². The molecule has 0 fully saturated rings. The van der Waals surface area contributed by atoms with Crippen LogP contribution in [0.5, 0.6) is 0 Å². The standard InChI is InChI=1S/C15H25N/c1-12-6-7-14(10-13(12)2)11-15(3,4)8-9-16-5/h6-7,10,16H,8-9,11H2,1-5H3. The molecule has 0 aliphatic carbocycles. The summed E-state index contributed by atoms with van der Waals surface area (Å²) in [6, 6.07) is 6.83. The maximum absolute atomic E-state index is 3.23. The molecule has 1 nitrogen and oxygen atoms in total. The number of rotatable bonds is 5. The van der Waals surface area contributed by atoms with E-state index >= 15 is 0 Å². The number of hydrogen-bond acceptors (Lipinski definition) is 1. The van der Waals surface area contributed by atoms with Crippen LogP contribution in [0.2, 0.25) is 0 Å². The molecule has 0 aliphatic rings. The van der Waals surface area contributed by atoms with Crippen molar-refractivity contribution in [1.29, 1.82) is 0 Å². The molecule has 0 radical (unpaired) electrons. The van der Waals surface area contributed by atoms with Crippen LogP contribution in [0.15, 0.2) is 18.2 Å². The predicted molar refractivity (Wildman–Crippen MR) is 71.9 cm³/mol. The van der Waals surface area contributed by atoms with Gasteiger partial charge in [-0.05, 0) is 62.4 Å². The Morgan fingerprint density at radius 3 is 2.38 bits per heavy atom. The maximum Gasteiger partial charge on any atom is -0.00467 e. The molecule has 1 aromatic rings. The van der Waals surface area contributed by atoms with Gasteiger partial charge in [-0.15, -0.1) is 0 Å². The summed E-state index contributed by atoms with van der Waals surface area (Å²) in [5.41, 5.74) is 4.63. The lowest BCUT2D eigenvalue weighted by molar-refractivity contribution is 0.329. The Morgan fingerprint density at radius 1 is 1.12 bits per heavy atom. The molecule has 0 saturated carbocycles. The van der Waals surface area contributed by atoms with Crippen molar-refractivity contribution in [3.05, 3.63) is 34.9 Å². The zero-order valence-corrected chi connectivity index (χ0v) is 11.4. The van der Waals surface area contributed by atoms with Gasteiger partial charge < -0.3 is 5.32 Å². The van der Waals surface area contributed by atoms with Crippen molar-refractivity contribution in [3.63, 3.8) is 0 Å². The van der Waals surface area contributed by atoms with Crippen LogP contribution >= 0.6 is 0 Å². The fourth-order valence-corrected chi connectivity index (χ4v) is 2.02. The van der Waals surface area contributed by atoms with Crippen LogP contribution in [0.3, 0.4) is 0 Å². The summed E-state index contributed by atoms with van der Waals surface area (Å²) in [7, 11) is 2.02. The molecule has 0 atom stereocenters. The molecule has 0 saturated heterocycles. The molecule has 0 aromatic heterocycles. The first-order valence-electron chi connectivity index (χ1n) is 6.15. The highest BCUT2D eigenvalue weighted by molar-refractivity contribution is 5.30. The molecule has 1 N–H and O–H groups in total. The van der Waals surface area contributed by atoms with E-state index in [0.717, 1.165) is 13.0 Å². The zero-order chi connectivity index (χ0) is 12.2. The minimum absolute atomic E-state index is 0.380. The molecule has 0 unspecified atom stereocenters. The Bertz CT molecular complexity index is 339. The van der Waals surface area contributed by atoms with Crippen LogP contribution in [0, 0.1) is 19.3 Å². The molecular formula is C15H25N. The largest absolute Gasteiger partial charge is 0.320 e. The van der Waals surface area contributed by atoms with Crippen molar-refractivity contribution in [2.45, 2.75) is 40.5 Å². The third kappa shape index (κ3) is 3.97. The molecule has 0 spiro atoms. The highest BCUT2D eigenvalue weighted by atomic mass is 14.8. The van der Waals surface area contributed by atoms with E-state index in [0.29, 0.717) is 5.41 Å². The molecule has 90 valence electrons. The van der Waals surface area contributed by atoms with Crippen molar-refractivity contribution in [2.24, 2.45) is 5.41 Å². The van der Waals surface area contributed by atoms with Crippen LogP contribution in [-0.2, 0) is 6.42 Å². The van der Waals surface area contributed by atoms with Gasteiger partial charge in [0, 0.05) is 0 Å². The van der Waals surface area contributed by atoms with E-state index in [1.165, 1.54) is 23.1 Å². The molecule has 0 bridgehead atoms. The van der Waals surface area contributed by atoms with Gasteiger partial charge in [-0.1, -0.05) is 32.0 Å². The molecule has 0 amide bonds. The molecule has 1 aromatic carbocycles. The fraction of sp³-hybridized carbons (Fsp3) is 0.600. The van der Waals surface area contributed by atoms with Crippen molar-refractivity contribution in [2.75, 3.05) is 13.6 Å². The second-order valence-electron chi connectivity index (χ2n) is 5.61. The van der Waals surface area contributed by atoms with Gasteiger partial charge in [0.1, 0.15) is 0 Å². The Labute approximate surface area is 100 Å². The lowest BCUT2D eigenvalue weighted by atomic mass is 9.82. The van der Waals surface area contributed by atoms with Crippen molar-refractivity contribution >= 4 is 0 Å². The lowest BCUT2D eigenvalue weighted by Gasteiger charge is -2.25. The molecule has 16 heavy (non-hydrogen) atoms. The smallest absolute Gasteiger partial charge is 0.00467 e. The minimum Gasteiger partial charge on any atom is -0.320 e. The van der Waals surface area contributed by atoms with Gasteiger partial charge in [-0.25, -0.2) is 0 Å². The van der Waals surface area contributed by atoms with E-state index in [4.69, 9.17) is 0 Å². The van der Waals surface area contributed by atoms with Crippen LogP contribution in [0.25, 0.3) is 0 Å². The number of aryl methyl sites for hydroxylation is 2. The lowest BCUT2D eigenvalue weighted by Crippen LogP contribution is -2.21. The van der Waals surface area contributed by atoms with E-state index in [2.05, 4.69) is 51.2 Å². The van der Waals surface area contributed by atoms with Gasteiger partial charge in [0.2, 0.25) is 0 Å². The Kier molecular flexibility index (Phi) is 4.55. The molecule has 0 heterocycles. The van der Waals surface area contributed by atoms with Gasteiger partial charge in [0.05, 0.1) is 0 Å². The SMILES string of the molecule is CNCCC(C)(C)Cc1ccc(C)c(C)c1. The summed E-state index contributed by atoms with van der Waals surface area (Å²) in [4.78, 5) is 0. The number of benzene rings is 1. The quantitative estimate of drug-likeness (QED) is 0.799. The fourth-order valence-electron chi connectivity index (χ4n) is 2.02. The van der Waals surface area contributed by atoms with Crippen molar-refractivity contribution in [3.8, 4) is 0 Å². The van der Waals surface area contributed by atoms with E-state index < -0.39 is 0 Å². The Morgan fingerprint density at radius 2 is 1.81 bits per heavy atom. The summed E-state index contributed by atoms with van der Waals surface area (Å²) in [5.74, 6) is 0. The number of hydrogen-bond donors (Lipinski definition) is 1. The minimum atomic E-state index is 0.380. The molecule has 0 aliphatic heterocycles. The monoisotopic (exact) mass is 219 g/mol. The topological polar surface area (TPSA) is 12.0 Å². The third-order valence-corrected chi connectivity index (χ3v) is 3.31.